The second-order valence-electron chi connectivity index (χ2n) is 5.03. The lowest BCUT2D eigenvalue weighted by molar-refractivity contribution is 0.580. The largest absolute Gasteiger partial charge is 0.215 e. The Morgan fingerprint density at radius 1 is 0.905 bits per heavy atom. The number of hydrogen-bond acceptors (Lipinski definition) is 2. The van der Waals surface area contributed by atoms with Crippen LogP contribution in [0.2, 0.25) is 0 Å². The molecule has 0 aliphatic carbocycles. The third-order valence-electron chi connectivity index (χ3n) is 3.27. The summed E-state index contributed by atoms with van der Waals surface area (Å²) in [5.41, 5.74) is 3.49. The van der Waals surface area contributed by atoms with Gasteiger partial charge < -0.3 is 0 Å². The molecular formula is C17H21NO2S. The lowest BCUT2D eigenvalue weighted by atomic mass is 10.0. The van der Waals surface area contributed by atoms with Crippen LogP contribution in [0.3, 0.4) is 0 Å². The van der Waals surface area contributed by atoms with Crippen LogP contribution in [-0.2, 0) is 16.4 Å². The van der Waals surface area contributed by atoms with Crippen molar-refractivity contribution in [1.82, 2.24) is 4.72 Å². The predicted molar refractivity (Wildman–Crippen MR) is 87.7 cm³/mol. The van der Waals surface area contributed by atoms with Crippen molar-refractivity contribution in [2.75, 3.05) is 12.3 Å². The molecule has 0 unspecified atom stereocenters. The van der Waals surface area contributed by atoms with Gasteiger partial charge in [0.15, 0.2) is 0 Å². The number of hydrogen-bond donors (Lipinski definition) is 1. The van der Waals surface area contributed by atoms with Crippen molar-refractivity contribution < 1.29 is 8.42 Å². The van der Waals surface area contributed by atoms with Crippen molar-refractivity contribution in [2.45, 2.75) is 19.8 Å². The Kier molecular flexibility index (Phi) is 5.53. The Balaban J connectivity index is 1.92. The molecule has 21 heavy (non-hydrogen) atoms. The molecule has 3 nitrogen and oxygen atoms in total. The fraction of sp³-hybridized carbons (Fsp3) is 0.294. The molecule has 0 amide bonds. The Labute approximate surface area is 127 Å². The van der Waals surface area contributed by atoms with Gasteiger partial charge in [-0.2, -0.15) is 0 Å². The first-order chi connectivity index (χ1) is 10.1. The van der Waals surface area contributed by atoms with E-state index in [1.807, 2.05) is 25.1 Å². The van der Waals surface area contributed by atoms with E-state index in [-0.39, 0.29) is 5.75 Å². The quantitative estimate of drug-likeness (QED) is 0.853. The molecule has 0 spiro atoms. The van der Waals surface area contributed by atoms with E-state index in [0.717, 1.165) is 5.56 Å². The predicted octanol–water partition coefficient (Wildman–Crippen LogP) is 3.23. The smallest absolute Gasteiger partial charge is 0.211 e. The summed E-state index contributed by atoms with van der Waals surface area (Å²) in [4.78, 5) is 0. The average Bonchev–Trinajstić information content (AvgIpc) is 2.48. The molecule has 4 heteroatoms. The monoisotopic (exact) mass is 303 g/mol. The second-order valence-corrected chi connectivity index (χ2v) is 6.95. The van der Waals surface area contributed by atoms with Gasteiger partial charge in [0, 0.05) is 6.54 Å². The summed E-state index contributed by atoms with van der Waals surface area (Å²) >= 11 is 0. The molecule has 0 bridgehead atoms. The van der Waals surface area contributed by atoms with Crippen LogP contribution in [0.25, 0.3) is 11.1 Å². The van der Waals surface area contributed by atoms with Crippen molar-refractivity contribution in [3.8, 4) is 11.1 Å². The molecule has 0 aliphatic heterocycles. The molecule has 2 aromatic carbocycles. The molecule has 1 N–H and O–H groups in total. The van der Waals surface area contributed by atoms with Gasteiger partial charge in [0.25, 0.3) is 0 Å². The first kappa shape index (κ1) is 15.7. The zero-order valence-corrected chi connectivity index (χ0v) is 13.1. The zero-order valence-electron chi connectivity index (χ0n) is 12.2. The topological polar surface area (TPSA) is 46.2 Å². The highest BCUT2D eigenvalue weighted by molar-refractivity contribution is 7.89. The van der Waals surface area contributed by atoms with Gasteiger partial charge >= 0.3 is 0 Å². The maximum atomic E-state index is 11.5. The van der Waals surface area contributed by atoms with Gasteiger partial charge in [-0.05, 0) is 29.5 Å². The summed E-state index contributed by atoms with van der Waals surface area (Å²) < 4.78 is 25.7. The Morgan fingerprint density at radius 2 is 1.52 bits per heavy atom. The first-order valence-corrected chi connectivity index (χ1v) is 8.87. The minimum Gasteiger partial charge on any atom is -0.215 e. The summed E-state index contributed by atoms with van der Waals surface area (Å²) in [6.45, 7) is 2.31. The van der Waals surface area contributed by atoms with E-state index in [9.17, 15) is 8.42 Å². The summed E-state index contributed by atoms with van der Waals surface area (Å²) in [6, 6.07) is 18.4. The van der Waals surface area contributed by atoms with Crippen LogP contribution in [-0.4, -0.2) is 20.7 Å². The first-order valence-electron chi connectivity index (χ1n) is 7.22. The number of benzene rings is 2. The van der Waals surface area contributed by atoms with Crippen LogP contribution in [0.4, 0.5) is 0 Å². The van der Waals surface area contributed by atoms with E-state index in [1.165, 1.54) is 11.1 Å². The summed E-state index contributed by atoms with van der Waals surface area (Å²) in [5, 5.41) is 0. The Bertz CT molecular complexity index is 649. The van der Waals surface area contributed by atoms with E-state index in [4.69, 9.17) is 0 Å². The van der Waals surface area contributed by atoms with E-state index in [1.54, 1.807) is 0 Å². The average molecular weight is 303 g/mol. The number of sulfonamides is 1. The van der Waals surface area contributed by atoms with E-state index < -0.39 is 10.0 Å². The van der Waals surface area contributed by atoms with Crippen molar-refractivity contribution in [1.29, 1.82) is 0 Å². The van der Waals surface area contributed by atoms with Crippen molar-refractivity contribution in [3.05, 3.63) is 60.2 Å². The van der Waals surface area contributed by atoms with Gasteiger partial charge in [-0.15, -0.1) is 0 Å². The highest BCUT2D eigenvalue weighted by Crippen LogP contribution is 2.19. The third-order valence-corrected chi connectivity index (χ3v) is 4.86. The summed E-state index contributed by atoms with van der Waals surface area (Å²) in [5.74, 6) is 0.194. The van der Waals surface area contributed by atoms with Crippen molar-refractivity contribution in [2.24, 2.45) is 0 Å². The molecular weight excluding hydrogens is 282 g/mol. The Hall–Kier alpha value is -1.65. The number of rotatable bonds is 7. The van der Waals surface area contributed by atoms with Gasteiger partial charge in [0.05, 0.1) is 5.75 Å². The third kappa shape index (κ3) is 4.99. The minimum absolute atomic E-state index is 0.194. The highest BCUT2D eigenvalue weighted by atomic mass is 32.2. The van der Waals surface area contributed by atoms with Crippen molar-refractivity contribution in [3.63, 3.8) is 0 Å². The highest BCUT2D eigenvalue weighted by Gasteiger charge is 2.07. The molecule has 0 atom stereocenters. The van der Waals surface area contributed by atoms with Crippen LogP contribution in [0.1, 0.15) is 18.9 Å². The van der Waals surface area contributed by atoms with Gasteiger partial charge in [-0.25, -0.2) is 13.1 Å². The number of nitrogens with one attached hydrogen (secondary N) is 1. The van der Waals surface area contributed by atoms with Gasteiger partial charge in [-0.1, -0.05) is 61.5 Å². The molecule has 0 radical (unpaired) electrons. The van der Waals surface area contributed by atoms with Crippen LogP contribution < -0.4 is 4.72 Å². The molecule has 2 aromatic rings. The van der Waals surface area contributed by atoms with Crippen LogP contribution >= 0.6 is 0 Å². The Morgan fingerprint density at radius 3 is 2.14 bits per heavy atom. The fourth-order valence-electron chi connectivity index (χ4n) is 2.19. The van der Waals surface area contributed by atoms with E-state index in [0.29, 0.717) is 19.4 Å². The maximum absolute atomic E-state index is 11.5. The van der Waals surface area contributed by atoms with Crippen molar-refractivity contribution >= 4 is 10.0 Å². The van der Waals surface area contributed by atoms with Gasteiger partial charge in [0.1, 0.15) is 0 Å². The van der Waals surface area contributed by atoms with Gasteiger partial charge in [-0.3, -0.25) is 0 Å². The normalized spacial score (nSPS) is 11.5. The lowest BCUT2D eigenvalue weighted by Crippen LogP contribution is -2.28. The summed E-state index contributed by atoms with van der Waals surface area (Å²) in [7, 11) is -3.10. The SMILES string of the molecule is CCCS(=O)(=O)NCCc1ccc(-c2ccccc2)cc1. The zero-order chi connectivity index (χ0) is 15.1. The molecule has 0 saturated carbocycles. The molecule has 0 fully saturated rings. The van der Waals surface area contributed by atoms with E-state index in [2.05, 4.69) is 41.1 Å². The van der Waals surface area contributed by atoms with Crippen LogP contribution in [0.5, 0.6) is 0 Å². The van der Waals surface area contributed by atoms with Gasteiger partial charge in [0.2, 0.25) is 10.0 Å². The van der Waals surface area contributed by atoms with Crippen LogP contribution in [0, 0.1) is 0 Å². The molecule has 2 rings (SSSR count). The molecule has 0 heterocycles. The minimum atomic E-state index is -3.10. The molecule has 0 aromatic heterocycles. The standard InChI is InChI=1S/C17H21NO2S/c1-2-14-21(19,20)18-13-12-15-8-10-17(11-9-15)16-6-4-3-5-7-16/h3-11,18H,2,12-14H2,1H3. The maximum Gasteiger partial charge on any atom is 0.211 e. The van der Waals surface area contributed by atoms with E-state index >= 15 is 0 Å². The summed E-state index contributed by atoms with van der Waals surface area (Å²) in [6.07, 6.45) is 1.35. The second kappa shape index (κ2) is 7.38. The molecule has 0 aliphatic rings. The van der Waals surface area contributed by atoms with Crippen LogP contribution in [0.15, 0.2) is 54.6 Å². The molecule has 112 valence electrons. The lowest BCUT2D eigenvalue weighted by Gasteiger charge is -2.07. The fourth-order valence-corrected chi connectivity index (χ4v) is 3.28. The molecule has 0 saturated heterocycles.